The van der Waals surface area contributed by atoms with E-state index >= 15 is 0 Å². The number of aliphatic carboxylic acids is 1. The molecule has 1 amide bonds. The highest BCUT2D eigenvalue weighted by atomic mass is 32.1. The summed E-state index contributed by atoms with van der Waals surface area (Å²) in [7, 11) is 0. The molecule has 1 aromatic heterocycles. The number of carboxylic acids is 1. The van der Waals surface area contributed by atoms with Gasteiger partial charge in [-0.1, -0.05) is 19.9 Å². The molecular formula is C12H18N2O3S. The van der Waals surface area contributed by atoms with E-state index in [4.69, 9.17) is 10.8 Å². The molecule has 1 aromatic rings. The summed E-state index contributed by atoms with van der Waals surface area (Å²) in [5.74, 6) is -1.23. The lowest BCUT2D eigenvalue weighted by molar-refractivity contribution is -0.138. The molecule has 1 heterocycles. The Morgan fingerprint density at radius 1 is 1.50 bits per heavy atom. The van der Waals surface area contributed by atoms with Gasteiger partial charge >= 0.3 is 5.97 Å². The predicted octanol–water partition coefficient (Wildman–Crippen LogP) is 1.36. The van der Waals surface area contributed by atoms with E-state index in [0.29, 0.717) is 0 Å². The minimum absolute atomic E-state index is 0.0422. The summed E-state index contributed by atoms with van der Waals surface area (Å²) >= 11 is 1.41. The molecule has 0 fully saturated rings. The standard InChI is InChI=1S/C12H18N2O3S/c1-7(2)8(6-10(15)16)14-12(17)11(13)9-4-3-5-18-9/h3-5,7-8,11H,6,13H2,1-2H3,(H,14,17)(H,15,16). The van der Waals surface area contributed by atoms with Crippen LogP contribution in [0.3, 0.4) is 0 Å². The second kappa shape index (κ2) is 6.51. The molecule has 6 heteroatoms. The predicted molar refractivity (Wildman–Crippen MR) is 70.3 cm³/mol. The smallest absolute Gasteiger partial charge is 0.305 e. The van der Waals surface area contributed by atoms with Gasteiger partial charge in [-0.25, -0.2) is 0 Å². The number of thiophene rings is 1. The molecule has 0 aliphatic rings. The maximum absolute atomic E-state index is 11.9. The lowest BCUT2D eigenvalue weighted by Gasteiger charge is -2.22. The average Bonchev–Trinajstić information content (AvgIpc) is 2.79. The van der Waals surface area contributed by atoms with Gasteiger partial charge in [-0.15, -0.1) is 11.3 Å². The van der Waals surface area contributed by atoms with E-state index in [1.54, 1.807) is 6.07 Å². The Balaban J connectivity index is 2.63. The molecule has 4 N–H and O–H groups in total. The molecule has 1 rings (SSSR count). The van der Waals surface area contributed by atoms with Crippen molar-refractivity contribution in [3.05, 3.63) is 22.4 Å². The van der Waals surface area contributed by atoms with Crippen molar-refractivity contribution in [2.45, 2.75) is 32.4 Å². The Morgan fingerprint density at radius 2 is 2.17 bits per heavy atom. The van der Waals surface area contributed by atoms with Crippen molar-refractivity contribution < 1.29 is 14.7 Å². The average molecular weight is 270 g/mol. The number of nitrogens with two attached hydrogens (primary N) is 1. The summed E-state index contributed by atoms with van der Waals surface area (Å²) in [5, 5.41) is 13.3. The number of nitrogens with one attached hydrogen (secondary N) is 1. The molecule has 0 bridgehead atoms. The van der Waals surface area contributed by atoms with Crippen molar-refractivity contribution >= 4 is 23.2 Å². The van der Waals surface area contributed by atoms with Crippen LogP contribution in [-0.2, 0) is 9.59 Å². The van der Waals surface area contributed by atoms with Crippen LogP contribution >= 0.6 is 11.3 Å². The topological polar surface area (TPSA) is 92.4 Å². The Bertz CT molecular complexity index is 403. The van der Waals surface area contributed by atoms with Gasteiger partial charge in [0.15, 0.2) is 0 Å². The lowest BCUT2D eigenvalue weighted by Crippen LogP contribution is -2.44. The highest BCUT2D eigenvalue weighted by Gasteiger charge is 2.23. The Kier molecular flexibility index (Phi) is 5.30. The molecule has 0 radical (unpaired) electrons. The molecule has 0 aliphatic carbocycles. The maximum Gasteiger partial charge on any atom is 0.305 e. The first-order chi connectivity index (χ1) is 8.41. The molecule has 18 heavy (non-hydrogen) atoms. The van der Waals surface area contributed by atoms with Gasteiger partial charge in [-0.2, -0.15) is 0 Å². The molecule has 5 nitrogen and oxygen atoms in total. The van der Waals surface area contributed by atoms with Crippen molar-refractivity contribution in [1.29, 1.82) is 0 Å². The van der Waals surface area contributed by atoms with Gasteiger partial charge in [-0.3, -0.25) is 9.59 Å². The maximum atomic E-state index is 11.9. The second-order valence-corrected chi connectivity index (χ2v) is 5.43. The Labute approximate surface area is 110 Å². The van der Waals surface area contributed by atoms with Crippen molar-refractivity contribution in [3.8, 4) is 0 Å². The first-order valence-corrected chi connectivity index (χ1v) is 6.61. The molecule has 0 saturated heterocycles. The highest BCUT2D eigenvalue weighted by molar-refractivity contribution is 7.10. The summed E-state index contributed by atoms with van der Waals surface area (Å²) in [6.45, 7) is 3.73. The molecule has 0 saturated carbocycles. The van der Waals surface area contributed by atoms with Gasteiger partial charge in [0, 0.05) is 10.9 Å². The third-order valence-electron chi connectivity index (χ3n) is 2.66. The molecule has 100 valence electrons. The number of carbonyl (C=O) groups is 2. The Morgan fingerprint density at radius 3 is 2.61 bits per heavy atom. The zero-order chi connectivity index (χ0) is 13.7. The third-order valence-corrected chi connectivity index (χ3v) is 3.61. The van der Waals surface area contributed by atoms with E-state index in [9.17, 15) is 9.59 Å². The molecule has 0 aliphatic heterocycles. The highest BCUT2D eigenvalue weighted by Crippen LogP contribution is 2.17. The second-order valence-electron chi connectivity index (χ2n) is 4.45. The van der Waals surface area contributed by atoms with Gasteiger partial charge in [-0.05, 0) is 17.4 Å². The van der Waals surface area contributed by atoms with Crippen molar-refractivity contribution in [2.75, 3.05) is 0 Å². The fourth-order valence-electron chi connectivity index (χ4n) is 1.51. The van der Waals surface area contributed by atoms with Crippen LogP contribution in [0.1, 0.15) is 31.2 Å². The van der Waals surface area contributed by atoms with E-state index in [0.717, 1.165) is 4.88 Å². The number of amides is 1. The van der Waals surface area contributed by atoms with Gasteiger partial charge in [0.1, 0.15) is 6.04 Å². The van der Waals surface area contributed by atoms with Crippen LogP contribution in [0.5, 0.6) is 0 Å². The Hall–Kier alpha value is -1.40. The third kappa shape index (κ3) is 4.12. The van der Waals surface area contributed by atoms with Gasteiger partial charge in [0.05, 0.1) is 6.42 Å². The molecule has 2 atom stereocenters. The van der Waals surface area contributed by atoms with Crippen LogP contribution < -0.4 is 11.1 Å². The normalized spacial score (nSPS) is 14.2. The van der Waals surface area contributed by atoms with Gasteiger partial charge in [0.25, 0.3) is 0 Å². The number of hydrogen-bond acceptors (Lipinski definition) is 4. The zero-order valence-corrected chi connectivity index (χ0v) is 11.2. The van der Waals surface area contributed by atoms with Crippen LogP contribution in [0.25, 0.3) is 0 Å². The van der Waals surface area contributed by atoms with E-state index in [1.165, 1.54) is 11.3 Å². The van der Waals surface area contributed by atoms with E-state index < -0.39 is 18.1 Å². The quantitative estimate of drug-likeness (QED) is 0.727. The first kappa shape index (κ1) is 14.7. The summed E-state index contributed by atoms with van der Waals surface area (Å²) < 4.78 is 0. The lowest BCUT2D eigenvalue weighted by atomic mass is 10.0. The molecule has 0 aromatic carbocycles. The van der Waals surface area contributed by atoms with Gasteiger partial charge in [0.2, 0.25) is 5.91 Å². The monoisotopic (exact) mass is 270 g/mol. The fraction of sp³-hybridized carbons (Fsp3) is 0.500. The van der Waals surface area contributed by atoms with Crippen LogP contribution in [0, 0.1) is 5.92 Å². The van der Waals surface area contributed by atoms with E-state index in [2.05, 4.69) is 5.32 Å². The van der Waals surface area contributed by atoms with Crippen LogP contribution in [-0.4, -0.2) is 23.0 Å². The van der Waals surface area contributed by atoms with Crippen molar-refractivity contribution in [2.24, 2.45) is 11.7 Å². The first-order valence-electron chi connectivity index (χ1n) is 5.73. The summed E-state index contributed by atoms with van der Waals surface area (Å²) in [4.78, 5) is 23.4. The van der Waals surface area contributed by atoms with Crippen LogP contribution in [0.2, 0.25) is 0 Å². The van der Waals surface area contributed by atoms with E-state index in [1.807, 2.05) is 25.3 Å². The zero-order valence-electron chi connectivity index (χ0n) is 10.4. The molecular weight excluding hydrogens is 252 g/mol. The fourth-order valence-corrected chi connectivity index (χ4v) is 2.24. The van der Waals surface area contributed by atoms with E-state index in [-0.39, 0.29) is 18.2 Å². The van der Waals surface area contributed by atoms with Gasteiger partial charge < -0.3 is 16.2 Å². The minimum atomic E-state index is -0.932. The molecule has 2 unspecified atom stereocenters. The number of rotatable bonds is 6. The van der Waals surface area contributed by atoms with Crippen molar-refractivity contribution in [1.82, 2.24) is 5.32 Å². The molecule has 0 spiro atoms. The summed E-state index contributed by atoms with van der Waals surface area (Å²) in [6, 6.07) is 2.47. The van der Waals surface area contributed by atoms with Crippen molar-refractivity contribution in [3.63, 3.8) is 0 Å². The number of hydrogen-bond donors (Lipinski definition) is 3. The largest absolute Gasteiger partial charge is 0.481 e. The SMILES string of the molecule is CC(C)C(CC(=O)O)NC(=O)C(N)c1cccs1. The summed E-state index contributed by atoms with van der Waals surface area (Å²) in [6.07, 6.45) is -0.0967. The van der Waals surface area contributed by atoms with Crippen LogP contribution in [0.15, 0.2) is 17.5 Å². The number of carboxylic acid groups (broad SMARTS) is 1. The number of carbonyl (C=O) groups excluding carboxylic acids is 1. The summed E-state index contributed by atoms with van der Waals surface area (Å²) in [5.41, 5.74) is 5.81. The minimum Gasteiger partial charge on any atom is -0.481 e. The van der Waals surface area contributed by atoms with Crippen LogP contribution in [0.4, 0.5) is 0 Å².